The van der Waals surface area contributed by atoms with Crippen molar-refractivity contribution in [3.05, 3.63) is 29.0 Å². The summed E-state index contributed by atoms with van der Waals surface area (Å²) in [6.07, 6.45) is 0. The molecule has 0 bridgehead atoms. The first-order valence-electron chi connectivity index (χ1n) is 4.86. The van der Waals surface area contributed by atoms with E-state index in [0.29, 0.717) is 0 Å². The van der Waals surface area contributed by atoms with Crippen molar-refractivity contribution >= 4 is 29.2 Å². The zero-order valence-corrected chi connectivity index (χ0v) is 9.34. The molecule has 17 heavy (non-hydrogen) atoms. The zero-order chi connectivity index (χ0) is 12.4. The van der Waals surface area contributed by atoms with Crippen molar-refractivity contribution in [1.82, 2.24) is 10.6 Å². The van der Waals surface area contributed by atoms with Crippen LogP contribution in [-0.2, 0) is 4.79 Å². The summed E-state index contributed by atoms with van der Waals surface area (Å²) in [6, 6.07) is 2.64. The normalized spacial score (nSPS) is 18.5. The molecule has 2 rings (SSSR count). The second kappa shape index (κ2) is 4.58. The Hall–Kier alpha value is -1.82. The number of benzene rings is 1. The Morgan fingerprint density at radius 2 is 2.24 bits per heavy atom. The lowest BCUT2D eigenvalue weighted by Crippen LogP contribution is -2.38. The largest absolute Gasteiger partial charge is 0.336 e. The van der Waals surface area contributed by atoms with Crippen LogP contribution in [0.3, 0.4) is 0 Å². The fourth-order valence-electron chi connectivity index (χ4n) is 1.47. The van der Waals surface area contributed by atoms with Gasteiger partial charge in [-0.15, -0.1) is 0 Å². The molecule has 3 N–H and O–H groups in total. The van der Waals surface area contributed by atoms with Crippen molar-refractivity contribution in [2.24, 2.45) is 0 Å². The van der Waals surface area contributed by atoms with Gasteiger partial charge in [0.25, 0.3) is 0 Å². The van der Waals surface area contributed by atoms with E-state index in [2.05, 4.69) is 16.0 Å². The topological polar surface area (TPSA) is 70.2 Å². The van der Waals surface area contributed by atoms with E-state index in [-0.39, 0.29) is 17.3 Å². The van der Waals surface area contributed by atoms with Gasteiger partial charge in [0.1, 0.15) is 11.9 Å². The molecule has 0 aromatic heterocycles. The molecule has 1 saturated heterocycles. The first kappa shape index (κ1) is 11.7. The molecule has 0 saturated carbocycles. The maximum atomic E-state index is 13.0. The summed E-state index contributed by atoms with van der Waals surface area (Å²) in [6.45, 7) is 0.202. The van der Waals surface area contributed by atoms with Gasteiger partial charge in [-0.2, -0.15) is 0 Å². The van der Waals surface area contributed by atoms with Gasteiger partial charge < -0.3 is 16.0 Å². The van der Waals surface area contributed by atoms with Crippen LogP contribution in [0.2, 0.25) is 5.02 Å². The molecule has 3 amide bonds. The van der Waals surface area contributed by atoms with Gasteiger partial charge >= 0.3 is 6.03 Å². The molecule has 1 atom stereocenters. The zero-order valence-electron chi connectivity index (χ0n) is 8.59. The van der Waals surface area contributed by atoms with Gasteiger partial charge in [0.15, 0.2) is 0 Å². The molecule has 1 aromatic carbocycles. The van der Waals surface area contributed by atoms with Gasteiger partial charge in [-0.05, 0) is 18.2 Å². The summed E-state index contributed by atoms with van der Waals surface area (Å²) in [5.74, 6) is -0.966. The lowest BCUT2D eigenvalue weighted by Gasteiger charge is -2.10. The molecule has 0 radical (unpaired) electrons. The van der Waals surface area contributed by atoms with Gasteiger partial charge in [0, 0.05) is 17.3 Å². The quantitative estimate of drug-likeness (QED) is 0.743. The second-order valence-corrected chi connectivity index (χ2v) is 3.99. The van der Waals surface area contributed by atoms with Crippen LogP contribution in [-0.4, -0.2) is 24.5 Å². The van der Waals surface area contributed by atoms with Gasteiger partial charge in [0.05, 0.1) is 0 Å². The minimum absolute atomic E-state index is 0.189. The molecule has 5 nitrogen and oxygen atoms in total. The van der Waals surface area contributed by atoms with E-state index in [0.717, 1.165) is 12.1 Å². The molecule has 90 valence electrons. The number of amides is 3. The minimum atomic E-state index is -0.662. The average molecular weight is 258 g/mol. The maximum Gasteiger partial charge on any atom is 0.315 e. The highest BCUT2D eigenvalue weighted by Crippen LogP contribution is 2.18. The molecular weight excluding hydrogens is 249 g/mol. The molecule has 0 unspecified atom stereocenters. The minimum Gasteiger partial charge on any atom is -0.336 e. The van der Waals surface area contributed by atoms with E-state index < -0.39 is 23.8 Å². The van der Waals surface area contributed by atoms with Crippen molar-refractivity contribution in [1.29, 1.82) is 0 Å². The van der Waals surface area contributed by atoms with Crippen LogP contribution in [0.25, 0.3) is 0 Å². The summed E-state index contributed by atoms with van der Waals surface area (Å²) >= 11 is 5.64. The summed E-state index contributed by atoms with van der Waals surface area (Å²) in [7, 11) is 0. The average Bonchev–Trinajstić information content (AvgIpc) is 2.63. The van der Waals surface area contributed by atoms with Crippen molar-refractivity contribution < 1.29 is 14.0 Å². The number of anilines is 1. The molecule has 0 aliphatic carbocycles. The highest BCUT2D eigenvalue weighted by molar-refractivity contribution is 6.30. The molecule has 7 heteroatoms. The fraction of sp³-hybridized carbons (Fsp3) is 0.200. The fourth-order valence-corrected chi connectivity index (χ4v) is 1.69. The molecule has 1 aliphatic heterocycles. The third-order valence-electron chi connectivity index (χ3n) is 2.22. The molecule has 1 heterocycles. The van der Waals surface area contributed by atoms with Gasteiger partial charge in [0.2, 0.25) is 5.91 Å². The Bertz CT molecular complexity index is 460. The first-order valence-corrected chi connectivity index (χ1v) is 5.24. The molecular formula is C10H9ClFN3O2. The Morgan fingerprint density at radius 1 is 1.47 bits per heavy atom. The summed E-state index contributed by atoms with van der Waals surface area (Å²) < 4.78 is 13.0. The van der Waals surface area contributed by atoms with E-state index in [1.54, 1.807) is 0 Å². The summed E-state index contributed by atoms with van der Waals surface area (Å²) in [4.78, 5) is 22.5. The van der Waals surface area contributed by atoms with Crippen molar-refractivity contribution in [2.75, 3.05) is 11.9 Å². The highest BCUT2D eigenvalue weighted by Gasteiger charge is 2.26. The number of hydrogen-bond acceptors (Lipinski definition) is 2. The lowest BCUT2D eigenvalue weighted by molar-refractivity contribution is -0.117. The Morgan fingerprint density at radius 3 is 2.82 bits per heavy atom. The predicted octanol–water partition coefficient (Wildman–Crippen LogP) is 1.10. The SMILES string of the molecule is O=C1NC[C@@H](C(=O)Nc2cc(F)cc(Cl)c2)N1. The van der Waals surface area contributed by atoms with Crippen molar-refractivity contribution in [3.8, 4) is 0 Å². The first-order chi connectivity index (χ1) is 8.04. The van der Waals surface area contributed by atoms with Crippen molar-refractivity contribution in [3.63, 3.8) is 0 Å². The monoisotopic (exact) mass is 257 g/mol. The third kappa shape index (κ3) is 2.85. The van der Waals surface area contributed by atoms with Crippen LogP contribution in [0.5, 0.6) is 0 Å². The van der Waals surface area contributed by atoms with Crippen LogP contribution in [0.4, 0.5) is 14.9 Å². The lowest BCUT2D eigenvalue weighted by atomic mass is 10.2. The van der Waals surface area contributed by atoms with Gasteiger partial charge in [-0.25, -0.2) is 9.18 Å². The third-order valence-corrected chi connectivity index (χ3v) is 2.44. The van der Waals surface area contributed by atoms with Crippen LogP contribution >= 0.6 is 11.6 Å². The van der Waals surface area contributed by atoms with Crippen LogP contribution in [0, 0.1) is 5.82 Å². The van der Waals surface area contributed by atoms with Gasteiger partial charge in [-0.3, -0.25) is 4.79 Å². The van der Waals surface area contributed by atoms with E-state index in [4.69, 9.17) is 11.6 Å². The molecule has 1 fully saturated rings. The second-order valence-electron chi connectivity index (χ2n) is 3.55. The van der Waals surface area contributed by atoms with Crippen LogP contribution < -0.4 is 16.0 Å². The van der Waals surface area contributed by atoms with E-state index in [1.807, 2.05) is 0 Å². The number of nitrogens with one attached hydrogen (secondary N) is 3. The predicted molar refractivity (Wildman–Crippen MR) is 60.4 cm³/mol. The Kier molecular flexibility index (Phi) is 3.14. The van der Waals surface area contributed by atoms with Gasteiger partial charge in [-0.1, -0.05) is 11.6 Å². The number of urea groups is 1. The van der Waals surface area contributed by atoms with E-state index >= 15 is 0 Å². The maximum absolute atomic E-state index is 13.0. The Labute approximate surface area is 101 Å². The molecule has 1 aliphatic rings. The summed E-state index contributed by atoms with van der Waals surface area (Å²) in [5.41, 5.74) is 0.251. The van der Waals surface area contributed by atoms with E-state index in [1.165, 1.54) is 6.07 Å². The number of halogens is 2. The number of carbonyl (C=O) groups is 2. The highest BCUT2D eigenvalue weighted by atomic mass is 35.5. The molecule has 0 spiro atoms. The summed E-state index contributed by atoms with van der Waals surface area (Å²) in [5, 5.41) is 7.52. The Balaban J connectivity index is 2.05. The number of rotatable bonds is 2. The molecule has 1 aromatic rings. The smallest absolute Gasteiger partial charge is 0.315 e. The van der Waals surface area contributed by atoms with E-state index in [9.17, 15) is 14.0 Å². The van der Waals surface area contributed by atoms with Crippen LogP contribution in [0.1, 0.15) is 0 Å². The standard InChI is InChI=1S/C10H9ClFN3O2/c11-5-1-6(12)3-7(2-5)14-9(16)8-4-13-10(17)15-8/h1-3,8H,4H2,(H,14,16)(H2,13,15,17)/t8-/m0/s1. The number of hydrogen-bond donors (Lipinski definition) is 3. The van der Waals surface area contributed by atoms with Crippen molar-refractivity contribution in [2.45, 2.75) is 6.04 Å². The number of carbonyl (C=O) groups excluding carboxylic acids is 2. The van der Waals surface area contributed by atoms with Crippen LogP contribution in [0.15, 0.2) is 18.2 Å².